The van der Waals surface area contributed by atoms with Crippen molar-refractivity contribution in [1.29, 1.82) is 0 Å². The molecule has 0 atom stereocenters. The Labute approximate surface area is 149 Å². The Morgan fingerprint density at radius 2 is 1.81 bits per heavy atom. The number of benzene rings is 1. The molecule has 3 heterocycles. The third kappa shape index (κ3) is 2.71. The van der Waals surface area contributed by atoms with Crippen LogP contribution >= 0.6 is 0 Å². The van der Waals surface area contributed by atoms with Crippen LogP contribution in [0.2, 0.25) is 0 Å². The van der Waals surface area contributed by atoms with E-state index in [1.165, 1.54) is 4.90 Å². The van der Waals surface area contributed by atoms with Gasteiger partial charge in [-0.15, -0.1) is 0 Å². The van der Waals surface area contributed by atoms with Gasteiger partial charge >= 0.3 is 0 Å². The van der Waals surface area contributed by atoms with Crippen LogP contribution in [0.3, 0.4) is 0 Å². The van der Waals surface area contributed by atoms with E-state index in [0.29, 0.717) is 29.0 Å². The third-order valence-corrected chi connectivity index (χ3v) is 4.30. The van der Waals surface area contributed by atoms with Gasteiger partial charge in [-0.1, -0.05) is 23.9 Å². The lowest BCUT2D eigenvalue weighted by atomic mass is 10.1. The molecule has 6 nitrogen and oxygen atoms in total. The van der Waals surface area contributed by atoms with E-state index in [2.05, 4.69) is 16.7 Å². The van der Waals surface area contributed by atoms with Crippen molar-refractivity contribution in [3.05, 3.63) is 77.8 Å². The summed E-state index contributed by atoms with van der Waals surface area (Å²) in [6.45, 7) is 3.95. The zero-order valence-electron chi connectivity index (χ0n) is 13.9. The van der Waals surface area contributed by atoms with E-state index in [1.807, 2.05) is 12.1 Å². The molecule has 0 fully saturated rings. The SMILES string of the molecule is C=Cc1cc(-c2cc(CCN3C(=O)c4ccccc4C3=O)on2)ccn1. The van der Waals surface area contributed by atoms with Gasteiger partial charge in [-0.2, -0.15) is 0 Å². The fraction of sp³-hybridized carbons (Fsp3) is 0.100. The van der Waals surface area contributed by atoms with Crippen molar-refractivity contribution in [3.8, 4) is 11.3 Å². The molecule has 0 bridgehead atoms. The van der Waals surface area contributed by atoms with Crippen LogP contribution in [0.5, 0.6) is 0 Å². The van der Waals surface area contributed by atoms with E-state index in [9.17, 15) is 9.59 Å². The Morgan fingerprint density at radius 1 is 1.08 bits per heavy atom. The van der Waals surface area contributed by atoms with Crippen LogP contribution in [0, 0.1) is 0 Å². The molecule has 0 saturated carbocycles. The minimum Gasteiger partial charge on any atom is -0.361 e. The molecule has 26 heavy (non-hydrogen) atoms. The molecule has 1 aliphatic rings. The van der Waals surface area contributed by atoms with Gasteiger partial charge in [0.25, 0.3) is 11.8 Å². The minimum absolute atomic E-state index is 0.245. The third-order valence-electron chi connectivity index (χ3n) is 4.30. The minimum atomic E-state index is -0.268. The number of pyridine rings is 1. The fourth-order valence-corrected chi connectivity index (χ4v) is 2.95. The molecule has 0 aliphatic carbocycles. The first-order valence-electron chi connectivity index (χ1n) is 8.17. The average molecular weight is 345 g/mol. The number of carbonyl (C=O) groups is 2. The van der Waals surface area contributed by atoms with E-state index in [1.54, 1.807) is 42.6 Å². The van der Waals surface area contributed by atoms with Crippen molar-refractivity contribution < 1.29 is 14.1 Å². The summed E-state index contributed by atoms with van der Waals surface area (Å²) in [5.41, 5.74) is 3.19. The molecular formula is C20H15N3O3. The van der Waals surface area contributed by atoms with E-state index in [-0.39, 0.29) is 18.4 Å². The topological polar surface area (TPSA) is 76.3 Å². The summed E-state index contributed by atoms with van der Waals surface area (Å²) in [5, 5.41) is 4.06. The number of nitrogens with zero attached hydrogens (tertiary/aromatic N) is 3. The van der Waals surface area contributed by atoms with Gasteiger partial charge in [0.15, 0.2) is 0 Å². The Balaban J connectivity index is 1.48. The molecule has 0 unspecified atom stereocenters. The second-order valence-corrected chi connectivity index (χ2v) is 5.91. The van der Waals surface area contributed by atoms with Gasteiger partial charge in [-0.3, -0.25) is 19.5 Å². The largest absolute Gasteiger partial charge is 0.361 e. The molecule has 128 valence electrons. The Bertz CT molecular complexity index is 987. The number of amides is 2. The van der Waals surface area contributed by atoms with Gasteiger partial charge in [0.1, 0.15) is 11.5 Å². The summed E-state index contributed by atoms with van der Waals surface area (Å²) < 4.78 is 5.35. The molecule has 2 aromatic heterocycles. The molecular weight excluding hydrogens is 330 g/mol. The van der Waals surface area contributed by atoms with E-state index >= 15 is 0 Å². The number of hydrogen-bond donors (Lipinski definition) is 0. The Morgan fingerprint density at radius 3 is 2.50 bits per heavy atom. The van der Waals surface area contributed by atoms with Gasteiger partial charge in [0.05, 0.1) is 16.8 Å². The highest BCUT2D eigenvalue weighted by atomic mass is 16.5. The number of fused-ring (bicyclic) bond motifs is 1. The van der Waals surface area contributed by atoms with Gasteiger partial charge in [0, 0.05) is 30.8 Å². The summed E-state index contributed by atoms with van der Waals surface area (Å²) >= 11 is 0. The first kappa shape index (κ1) is 16.0. The monoisotopic (exact) mass is 345 g/mol. The van der Waals surface area contributed by atoms with Crippen LogP contribution < -0.4 is 0 Å². The quantitative estimate of drug-likeness (QED) is 0.664. The number of carbonyl (C=O) groups excluding carboxylic acids is 2. The molecule has 1 aromatic carbocycles. The molecule has 0 saturated heterocycles. The fourth-order valence-electron chi connectivity index (χ4n) is 2.95. The molecule has 1 aliphatic heterocycles. The highest BCUT2D eigenvalue weighted by Crippen LogP contribution is 2.24. The van der Waals surface area contributed by atoms with Gasteiger partial charge in [0.2, 0.25) is 0 Å². The van der Waals surface area contributed by atoms with Crippen molar-refractivity contribution in [2.24, 2.45) is 0 Å². The normalized spacial score (nSPS) is 13.2. The lowest BCUT2D eigenvalue weighted by Gasteiger charge is -2.11. The van der Waals surface area contributed by atoms with Crippen molar-refractivity contribution in [2.45, 2.75) is 6.42 Å². The first-order valence-corrected chi connectivity index (χ1v) is 8.17. The summed E-state index contributed by atoms with van der Waals surface area (Å²) in [6.07, 6.45) is 3.74. The second kappa shape index (κ2) is 6.40. The van der Waals surface area contributed by atoms with Crippen LogP contribution in [-0.4, -0.2) is 33.4 Å². The number of rotatable bonds is 5. The van der Waals surface area contributed by atoms with E-state index in [0.717, 1.165) is 11.3 Å². The average Bonchev–Trinajstić information content (AvgIpc) is 3.25. The number of aromatic nitrogens is 2. The maximum absolute atomic E-state index is 12.4. The van der Waals surface area contributed by atoms with Gasteiger partial charge < -0.3 is 4.52 Å². The van der Waals surface area contributed by atoms with Crippen LogP contribution in [0.1, 0.15) is 32.2 Å². The Hall–Kier alpha value is -3.54. The maximum Gasteiger partial charge on any atom is 0.261 e. The van der Waals surface area contributed by atoms with Crippen LogP contribution in [-0.2, 0) is 6.42 Å². The molecule has 2 amide bonds. The van der Waals surface area contributed by atoms with E-state index in [4.69, 9.17) is 4.52 Å². The van der Waals surface area contributed by atoms with Crippen LogP contribution in [0.25, 0.3) is 17.3 Å². The predicted octanol–water partition coefficient (Wildman–Crippen LogP) is 3.22. The zero-order valence-corrected chi connectivity index (χ0v) is 13.9. The summed E-state index contributed by atoms with van der Waals surface area (Å²) in [4.78, 5) is 30.1. The second-order valence-electron chi connectivity index (χ2n) is 5.91. The lowest BCUT2D eigenvalue weighted by molar-refractivity contribution is 0.0654. The van der Waals surface area contributed by atoms with Crippen molar-refractivity contribution in [1.82, 2.24) is 15.0 Å². The summed E-state index contributed by atoms with van der Waals surface area (Å²) in [5.74, 6) is 0.0683. The van der Waals surface area contributed by atoms with Crippen molar-refractivity contribution in [3.63, 3.8) is 0 Å². The van der Waals surface area contributed by atoms with Crippen molar-refractivity contribution >= 4 is 17.9 Å². The summed E-state index contributed by atoms with van der Waals surface area (Å²) in [7, 11) is 0. The summed E-state index contributed by atoms with van der Waals surface area (Å²) in [6, 6.07) is 12.3. The van der Waals surface area contributed by atoms with Crippen LogP contribution in [0.15, 0.2) is 59.8 Å². The highest BCUT2D eigenvalue weighted by Gasteiger charge is 2.34. The smallest absolute Gasteiger partial charge is 0.261 e. The lowest BCUT2D eigenvalue weighted by Crippen LogP contribution is -2.31. The van der Waals surface area contributed by atoms with Crippen molar-refractivity contribution in [2.75, 3.05) is 6.54 Å². The number of hydrogen-bond acceptors (Lipinski definition) is 5. The van der Waals surface area contributed by atoms with Crippen LogP contribution in [0.4, 0.5) is 0 Å². The zero-order chi connectivity index (χ0) is 18.1. The molecule has 0 N–H and O–H groups in total. The van der Waals surface area contributed by atoms with E-state index < -0.39 is 0 Å². The molecule has 0 radical (unpaired) electrons. The molecule has 3 aromatic rings. The Kier molecular flexibility index (Phi) is 3.93. The maximum atomic E-state index is 12.4. The molecule has 4 rings (SSSR count). The van der Waals surface area contributed by atoms with Gasteiger partial charge in [-0.25, -0.2) is 0 Å². The molecule has 6 heteroatoms. The standard InChI is InChI=1S/C20H15N3O3/c1-2-14-11-13(7-9-21-14)18-12-15(26-22-18)8-10-23-19(24)16-5-3-4-6-17(16)20(23)25/h2-7,9,11-12H,1,8,10H2. The highest BCUT2D eigenvalue weighted by molar-refractivity contribution is 6.21. The molecule has 0 spiro atoms. The number of imide groups is 1. The predicted molar refractivity (Wildman–Crippen MR) is 95.3 cm³/mol. The van der Waals surface area contributed by atoms with Gasteiger partial charge in [-0.05, 0) is 30.3 Å². The first-order chi connectivity index (χ1) is 12.7.